The molecule has 35 heavy (non-hydrogen) atoms. The van der Waals surface area contributed by atoms with Crippen molar-refractivity contribution < 1.29 is 0 Å². The van der Waals surface area contributed by atoms with Crippen LogP contribution in [-0.4, -0.2) is 0 Å². The smallest absolute Gasteiger partial charge is 0.0147 e. The Hall–Kier alpha value is -0.260. The van der Waals surface area contributed by atoms with Gasteiger partial charge in [-0.05, 0) is 36.5 Å². The highest BCUT2D eigenvalue weighted by molar-refractivity contribution is 5.11. The van der Waals surface area contributed by atoms with Crippen molar-refractivity contribution in [1.29, 1.82) is 0 Å². The molecule has 0 rings (SSSR count). The molecule has 2 unspecified atom stereocenters. The number of unbranched alkanes of at least 4 members (excludes halogenated alkanes) is 18. The van der Waals surface area contributed by atoms with Gasteiger partial charge in [-0.2, -0.15) is 0 Å². The third kappa shape index (κ3) is 20.5. The first kappa shape index (κ1) is 34.7. The molecule has 0 aliphatic rings. The number of allylic oxidation sites excluding steroid dienone is 1. The van der Waals surface area contributed by atoms with Crippen molar-refractivity contribution in [3.8, 4) is 0 Å². The minimum Gasteiger partial charge on any atom is -0.0990 e. The molecule has 0 spiro atoms. The van der Waals surface area contributed by atoms with Crippen molar-refractivity contribution in [2.24, 2.45) is 17.3 Å². The lowest BCUT2D eigenvalue weighted by molar-refractivity contribution is 0.307. The van der Waals surface area contributed by atoms with Crippen molar-refractivity contribution in [3.63, 3.8) is 0 Å². The average Bonchev–Trinajstić information content (AvgIpc) is 2.85. The maximum Gasteiger partial charge on any atom is -0.0147 e. The fraction of sp³-hybridized carbons (Fsp3) is 0.943. The van der Waals surface area contributed by atoms with E-state index < -0.39 is 0 Å². The van der Waals surface area contributed by atoms with E-state index in [1.54, 1.807) is 5.57 Å². The van der Waals surface area contributed by atoms with Crippen LogP contribution >= 0.6 is 0 Å². The molecule has 0 amide bonds. The molecule has 0 fully saturated rings. The molecule has 0 saturated heterocycles. The maximum absolute atomic E-state index is 4.67. The standard InChI is InChI=1S/C35H70/c1-8-11-13-15-17-19-21-23-25-27-29-32(4)31-34(33(5)35(6,7)10-3)30-28-26-24-22-20-18-16-14-12-9-2/h32,34H,5,8-31H2,1-4,6-7H3. The van der Waals surface area contributed by atoms with Gasteiger partial charge in [-0.3, -0.25) is 0 Å². The van der Waals surface area contributed by atoms with Crippen LogP contribution in [0.1, 0.15) is 196 Å². The molecule has 0 N–H and O–H groups in total. The zero-order valence-electron chi connectivity index (χ0n) is 25.8. The Bertz CT molecular complexity index is 445. The largest absolute Gasteiger partial charge is 0.0990 e. The first-order valence-corrected chi connectivity index (χ1v) is 16.6. The second kappa shape index (κ2) is 24.1. The Kier molecular flexibility index (Phi) is 23.9. The zero-order valence-corrected chi connectivity index (χ0v) is 25.8. The van der Waals surface area contributed by atoms with Gasteiger partial charge in [0.2, 0.25) is 0 Å². The third-order valence-electron chi connectivity index (χ3n) is 8.89. The molecular formula is C35H70. The molecular weight excluding hydrogens is 420 g/mol. The van der Waals surface area contributed by atoms with E-state index in [2.05, 4.69) is 48.1 Å². The van der Waals surface area contributed by atoms with E-state index in [-0.39, 0.29) is 0 Å². The van der Waals surface area contributed by atoms with Gasteiger partial charge in [0.05, 0.1) is 0 Å². The lowest BCUT2D eigenvalue weighted by atomic mass is 9.72. The van der Waals surface area contributed by atoms with Gasteiger partial charge >= 0.3 is 0 Å². The molecule has 0 radical (unpaired) electrons. The van der Waals surface area contributed by atoms with E-state index in [1.165, 1.54) is 154 Å². The van der Waals surface area contributed by atoms with Crippen LogP contribution in [0.3, 0.4) is 0 Å². The molecule has 2 atom stereocenters. The van der Waals surface area contributed by atoms with Gasteiger partial charge in [0.1, 0.15) is 0 Å². The Morgan fingerprint density at radius 1 is 0.543 bits per heavy atom. The van der Waals surface area contributed by atoms with E-state index in [9.17, 15) is 0 Å². The Balaban J connectivity index is 4.14. The van der Waals surface area contributed by atoms with E-state index in [4.69, 9.17) is 0 Å². The molecule has 0 aliphatic heterocycles. The van der Waals surface area contributed by atoms with E-state index in [1.807, 2.05) is 0 Å². The number of hydrogen-bond donors (Lipinski definition) is 0. The molecule has 210 valence electrons. The van der Waals surface area contributed by atoms with Gasteiger partial charge in [0.15, 0.2) is 0 Å². The molecule has 0 aromatic carbocycles. The van der Waals surface area contributed by atoms with Crippen molar-refractivity contribution >= 4 is 0 Å². The molecule has 0 aromatic rings. The highest BCUT2D eigenvalue weighted by atomic mass is 14.3. The minimum atomic E-state index is 0.292. The second-order valence-corrected chi connectivity index (χ2v) is 12.7. The van der Waals surface area contributed by atoms with Crippen molar-refractivity contribution in [2.75, 3.05) is 0 Å². The molecule has 0 saturated carbocycles. The summed E-state index contributed by atoms with van der Waals surface area (Å²) in [6.45, 7) is 19.0. The van der Waals surface area contributed by atoms with Crippen LogP contribution in [0.2, 0.25) is 0 Å². The summed E-state index contributed by atoms with van der Waals surface area (Å²) in [6.07, 6.45) is 34.2. The van der Waals surface area contributed by atoms with Gasteiger partial charge in [-0.1, -0.05) is 189 Å². The zero-order chi connectivity index (χ0) is 26.2. The number of hydrogen-bond acceptors (Lipinski definition) is 0. The van der Waals surface area contributed by atoms with Gasteiger partial charge in [0.25, 0.3) is 0 Å². The van der Waals surface area contributed by atoms with E-state index >= 15 is 0 Å². The van der Waals surface area contributed by atoms with Crippen LogP contribution < -0.4 is 0 Å². The van der Waals surface area contributed by atoms with Crippen LogP contribution in [0.5, 0.6) is 0 Å². The molecule has 0 nitrogen and oxygen atoms in total. The van der Waals surface area contributed by atoms with Crippen molar-refractivity contribution in [1.82, 2.24) is 0 Å². The molecule has 0 heteroatoms. The summed E-state index contributed by atoms with van der Waals surface area (Å²) in [5, 5.41) is 0. The SMILES string of the molecule is C=C(C(CCCCCCCCCCCC)CC(C)CCCCCCCCCCCC)C(C)(C)CC. The summed E-state index contributed by atoms with van der Waals surface area (Å²) in [5.41, 5.74) is 1.84. The van der Waals surface area contributed by atoms with Crippen LogP contribution in [-0.2, 0) is 0 Å². The summed E-state index contributed by atoms with van der Waals surface area (Å²) < 4.78 is 0. The van der Waals surface area contributed by atoms with Gasteiger partial charge in [0, 0.05) is 0 Å². The van der Waals surface area contributed by atoms with E-state index in [0.29, 0.717) is 5.41 Å². The molecule has 0 heterocycles. The predicted octanol–water partition coefficient (Wildman–Crippen LogP) is 13.2. The van der Waals surface area contributed by atoms with Crippen LogP contribution in [0.25, 0.3) is 0 Å². The summed E-state index contributed by atoms with van der Waals surface area (Å²) >= 11 is 0. The Labute approximate surface area is 224 Å². The quantitative estimate of drug-likeness (QED) is 0.0793. The van der Waals surface area contributed by atoms with Crippen LogP contribution in [0.15, 0.2) is 12.2 Å². The van der Waals surface area contributed by atoms with Gasteiger partial charge in [-0.15, -0.1) is 0 Å². The van der Waals surface area contributed by atoms with Crippen LogP contribution in [0, 0.1) is 17.3 Å². The van der Waals surface area contributed by atoms with Gasteiger partial charge in [-0.25, -0.2) is 0 Å². The second-order valence-electron chi connectivity index (χ2n) is 12.7. The minimum absolute atomic E-state index is 0.292. The Morgan fingerprint density at radius 3 is 1.26 bits per heavy atom. The molecule has 0 bridgehead atoms. The highest BCUT2D eigenvalue weighted by Gasteiger charge is 2.27. The maximum atomic E-state index is 4.67. The summed E-state index contributed by atoms with van der Waals surface area (Å²) in [7, 11) is 0. The van der Waals surface area contributed by atoms with Crippen LogP contribution in [0.4, 0.5) is 0 Å². The van der Waals surface area contributed by atoms with E-state index in [0.717, 1.165) is 11.8 Å². The van der Waals surface area contributed by atoms with Crippen molar-refractivity contribution in [2.45, 2.75) is 196 Å². The molecule has 0 aromatic heterocycles. The van der Waals surface area contributed by atoms with Crippen molar-refractivity contribution in [3.05, 3.63) is 12.2 Å². The predicted molar refractivity (Wildman–Crippen MR) is 163 cm³/mol. The summed E-state index contributed by atoms with van der Waals surface area (Å²) in [5.74, 6) is 1.58. The number of rotatable bonds is 27. The lowest BCUT2D eigenvalue weighted by Crippen LogP contribution is -2.21. The average molecular weight is 491 g/mol. The first-order valence-electron chi connectivity index (χ1n) is 16.6. The fourth-order valence-electron chi connectivity index (χ4n) is 5.68. The fourth-order valence-corrected chi connectivity index (χ4v) is 5.68. The first-order chi connectivity index (χ1) is 16.9. The highest BCUT2D eigenvalue weighted by Crippen LogP contribution is 2.39. The summed E-state index contributed by atoms with van der Waals surface area (Å²) in [6, 6.07) is 0. The summed E-state index contributed by atoms with van der Waals surface area (Å²) in [4.78, 5) is 0. The Morgan fingerprint density at radius 2 is 0.886 bits per heavy atom. The van der Waals surface area contributed by atoms with Gasteiger partial charge < -0.3 is 0 Å². The third-order valence-corrected chi connectivity index (χ3v) is 8.89. The monoisotopic (exact) mass is 491 g/mol. The topological polar surface area (TPSA) is 0 Å². The normalized spacial score (nSPS) is 13.8. The lowest BCUT2D eigenvalue weighted by Gasteiger charge is -2.34. The molecule has 0 aliphatic carbocycles.